The van der Waals surface area contributed by atoms with Crippen LogP contribution in [0.15, 0.2) is 54.6 Å². The number of aryl methyl sites for hydroxylation is 1. The van der Waals surface area contributed by atoms with Crippen molar-refractivity contribution >= 4 is 16.9 Å². The van der Waals surface area contributed by atoms with Gasteiger partial charge in [-0.2, -0.15) is 0 Å². The highest BCUT2D eigenvalue weighted by Crippen LogP contribution is 2.29. The summed E-state index contributed by atoms with van der Waals surface area (Å²) in [4.78, 5) is 19.5. The number of hydrogen-bond donors (Lipinski definition) is 1. The van der Waals surface area contributed by atoms with Gasteiger partial charge in [0.15, 0.2) is 0 Å². The van der Waals surface area contributed by atoms with Crippen molar-refractivity contribution < 1.29 is 4.79 Å². The lowest BCUT2D eigenvalue weighted by Gasteiger charge is -2.22. The maximum absolute atomic E-state index is 12.7. The Kier molecular flexibility index (Phi) is 4.70. The molecule has 0 radical (unpaired) electrons. The van der Waals surface area contributed by atoms with Crippen LogP contribution in [0.5, 0.6) is 0 Å². The van der Waals surface area contributed by atoms with Gasteiger partial charge < -0.3 is 10.6 Å². The van der Waals surface area contributed by atoms with Crippen LogP contribution in [0.1, 0.15) is 25.6 Å². The van der Waals surface area contributed by atoms with E-state index in [-0.39, 0.29) is 11.3 Å². The number of imidazole rings is 1. The van der Waals surface area contributed by atoms with Gasteiger partial charge >= 0.3 is 0 Å². The van der Waals surface area contributed by atoms with Crippen LogP contribution in [0.3, 0.4) is 0 Å². The number of nitrogens with zero attached hydrogens (tertiary/aromatic N) is 3. The van der Waals surface area contributed by atoms with Gasteiger partial charge in [-0.15, -0.1) is 0 Å². The van der Waals surface area contributed by atoms with E-state index in [1.807, 2.05) is 41.3 Å². The van der Waals surface area contributed by atoms with Gasteiger partial charge in [0.2, 0.25) is 5.91 Å². The van der Waals surface area contributed by atoms with E-state index in [9.17, 15) is 4.79 Å². The number of aromatic nitrogens is 2. The van der Waals surface area contributed by atoms with Gasteiger partial charge in [-0.3, -0.25) is 9.36 Å². The van der Waals surface area contributed by atoms with Crippen molar-refractivity contribution in [2.45, 2.75) is 26.2 Å². The van der Waals surface area contributed by atoms with Crippen LogP contribution in [0.25, 0.3) is 16.7 Å². The van der Waals surface area contributed by atoms with Gasteiger partial charge in [0.1, 0.15) is 5.82 Å². The molecule has 0 aliphatic carbocycles. The van der Waals surface area contributed by atoms with Crippen LogP contribution in [-0.4, -0.2) is 40.0 Å². The molecule has 4 rings (SSSR count). The molecule has 5 heteroatoms. The first-order valence-electron chi connectivity index (χ1n) is 9.59. The number of benzene rings is 2. The number of carbonyl (C=O) groups is 1. The Morgan fingerprint density at radius 3 is 2.63 bits per heavy atom. The number of rotatable bonds is 5. The summed E-state index contributed by atoms with van der Waals surface area (Å²) < 4.78 is 2.16. The van der Waals surface area contributed by atoms with Crippen LogP contribution in [-0.2, 0) is 11.2 Å². The number of nitrogens with two attached hydrogens (primary N) is 1. The van der Waals surface area contributed by atoms with E-state index in [2.05, 4.69) is 29.7 Å². The second kappa shape index (κ2) is 7.16. The molecule has 1 saturated heterocycles. The van der Waals surface area contributed by atoms with E-state index in [1.54, 1.807) is 0 Å². The standard InChI is InChI=1S/C22H26N4O/c1-22(15-23)13-14-25(16-22)21(27)12-11-20-24-18-9-5-6-10-19(18)26(20)17-7-3-2-4-8-17/h2-10H,11-16,23H2,1H3. The lowest BCUT2D eigenvalue weighted by Crippen LogP contribution is -2.34. The minimum absolute atomic E-state index is 0.0623. The maximum Gasteiger partial charge on any atom is 0.223 e. The van der Waals surface area contributed by atoms with Crippen molar-refractivity contribution in [2.75, 3.05) is 19.6 Å². The average molecular weight is 362 g/mol. The van der Waals surface area contributed by atoms with Crippen LogP contribution in [0, 0.1) is 5.41 Å². The minimum atomic E-state index is 0.0623. The predicted octanol–water partition coefficient (Wildman–Crippen LogP) is 3.16. The van der Waals surface area contributed by atoms with E-state index in [1.165, 1.54) is 0 Å². The SMILES string of the molecule is CC1(CN)CCN(C(=O)CCc2nc3ccccc3n2-c2ccccc2)C1. The molecule has 3 aromatic rings. The van der Waals surface area contributed by atoms with E-state index in [0.717, 1.165) is 42.1 Å². The molecular weight excluding hydrogens is 336 g/mol. The molecule has 27 heavy (non-hydrogen) atoms. The monoisotopic (exact) mass is 362 g/mol. The topological polar surface area (TPSA) is 64.2 Å². The van der Waals surface area contributed by atoms with Crippen LogP contribution in [0.2, 0.25) is 0 Å². The Bertz CT molecular complexity index is 949. The Hall–Kier alpha value is -2.66. The Balaban J connectivity index is 1.57. The quantitative estimate of drug-likeness (QED) is 0.758. The fourth-order valence-electron chi connectivity index (χ4n) is 3.89. The third-order valence-corrected chi connectivity index (χ3v) is 5.61. The van der Waals surface area contributed by atoms with Gasteiger partial charge in [0.05, 0.1) is 11.0 Å². The largest absolute Gasteiger partial charge is 0.342 e. The summed E-state index contributed by atoms with van der Waals surface area (Å²) in [6, 6.07) is 18.3. The molecule has 1 aliphatic heterocycles. The van der Waals surface area contributed by atoms with E-state index in [4.69, 9.17) is 10.7 Å². The normalized spacial score (nSPS) is 19.7. The lowest BCUT2D eigenvalue weighted by atomic mass is 9.90. The second-order valence-corrected chi connectivity index (χ2v) is 7.77. The van der Waals surface area contributed by atoms with Crippen molar-refractivity contribution in [3.8, 4) is 5.69 Å². The number of hydrogen-bond acceptors (Lipinski definition) is 3. The summed E-state index contributed by atoms with van der Waals surface area (Å²) in [5.74, 6) is 1.12. The molecule has 1 atom stereocenters. The van der Waals surface area contributed by atoms with Gasteiger partial charge in [0, 0.05) is 31.6 Å². The first-order valence-corrected chi connectivity index (χ1v) is 9.59. The summed E-state index contributed by atoms with van der Waals surface area (Å²) >= 11 is 0. The summed E-state index contributed by atoms with van der Waals surface area (Å²) in [6.07, 6.45) is 2.08. The highest BCUT2D eigenvalue weighted by molar-refractivity contribution is 5.79. The Morgan fingerprint density at radius 2 is 1.89 bits per heavy atom. The number of amides is 1. The molecule has 140 valence electrons. The molecule has 5 nitrogen and oxygen atoms in total. The second-order valence-electron chi connectivity index (χ2n) is 7.77. The lowest BCUT2D eigenvalue weighted by molar-refractivity contribution is -0.130. The van der Waals surface area contributed by atoms with E-state index >= 15 is 0 Å². The number of para-hydroxylation sites is 3. The number of fused-ring (bicyclic) bond motifs is 1. The molecule has 1 unspecified atom stereocenters. The average Bonchev–Trinajstić information content (AvgIpc) is 3.28. The number of likely N-dealkylation sites (tertiary alicyclic amines) is 1. The maximum atomic E-state index is 12.7. The molecule has 0 bridgehead atoms. The van der Waals surface area contributed by atoms with Gasteiger partial charge in [-0.05, 0) is 42.6 Å². The third kappa shape index (κ3) is 3.47. The molecule has 2 N–H and O–H groups in total. The Labute approximate surface area is 159 Å². The summed E-state index contributed by atoms with van der Waals surface area (Å²) in [5, 5.41) is 0. The van der Waals surface area contributed by atoms with Crippen LogP contribution >= 0.6 is 0 Å². The zero-order chi connectivity index (χ0) is 18.9. The Morgan fingerprint density at radius 1 is 1.15 bits per heavy atom. The number of carbonyl (C=O) groups excluding carboxylic acids is 1. The smallest absolute Gasteiger partial charge is 0.223 e. The fraction of sp³-hybridized carbons (Fsp3) is 0.364. The fourth-order valence-corrected chi connectivity index (χ4v) is 3.89. The summed E-state index contributed by atoms with van der Waals surface area (Å²) in [6.45, 7) is 4.36. The van der Waals surface area contributed by atoms with Crippen molar-refractivity contribution in [1.82, 2.24) is 14.5 Å². The molecule has 2 aromatic carbocycles. The van der Waals surface area contributed by atoms with Crippen molar-refractivity contribution in [3.63, 3.8) is 0 Å². The molecule has 1 fully saturated rings. The van der Waals surface area contributed by atoms with Crippen molar-refractivity contribution in [1.29, 1.82) is 0 Å². The molecular formula is C22H26N4O. The molecule has 1 aliphatic rings. The minimum Gasteiger partial charge on any atom is -0.342 e. The summed E-state index contributed by atoms with van der Waals surface area (Å²) in [7, 11) is 0. The zero-order valence-corrected chi connectivity index (χ0v) is 15.8. The first kappa shape index (κ1) is 17.7. The van der Waals surface area contributed by atoms with Crippen molar-refractivity contribution in [3.05, 3.63) is 60.4 Å². The van der Waals surface area contributed by atoms with Gasteiger partial charge in [0.25, 0.3) is 0 Å². The highest BCUT2D eigenvalue weighted by atomic mass is 16.2. The molecule has 0 spiro atoms. The molecule has 1 amide bonds. The van der Waals surface area contributed by atoms with Gasteiger partial charge in [-0.25, -0.2) is 4.98 Å². The van der Waals surface area contributed by atoms with E-state index < -0.39 is 0 Å². The zero-order valence-electron chi connectivity index (χ0n) is 15.8. The highest BCUT2D eigenvalue weighted by Gasteiger charge is 2.34. The van der Waals surface area contributed by atoms with Gasteiger partial charge in [-0.1, -0.05) is 37.3 Å². The van der Waals surface area contributed by atoms with Crippen LogP contribution < -0.4 is 5.73 Å². The van der Waals surface area contributed by atoms with Crippen LogP contribution in [0.4, 0.5) is 0 Å². The molecule has 0 saturated carbocycles. The first-order chi connectivity index (χ1) is 13.1. The van der Waals surface area contributed by atoms with E-state index in [0.29, 0.717) is 19.4 Å². The third-order valence-electron chi connectivity index (χ3n) is 5.61. The molecule has 2 heterocycles. The predicted molar refractivity (Wildman–Crippen MR) is 108 cm³/mol. The van der Waals surface area contributed by atoms with Crippen molar-refractivity contribution in [2.24, 2.45) is 11.1 Å². The summed E-state index contributed by atoms with van der Waals surface area (Å²) in [5.41, 5.74) is 9.04. The molecule has 1 aromatic heterocycles.